The number of benzene rings is 3. The maximum atomic E-state index is 15.1. The first-order chi connectivity index (χ1) is 56.9. The normalized spacial score (nSPS) is 15.5. The van der Waals surface area contributed by atoms with Gasteiger partial charge >= 0.3 is 11.9 Å². The van der Waals surface area contributed by atoms with E-state index in [0.717, 1.165) is 0 Å². The van der Waals surface area contributed by atoms with Gasteiger partial charge in [-0.25, -0.2) is 4.79 Å². The number of carboxylic acid groups (broad SMARTS) is 2. The highest BCUT2D eigenvalue weighted by molar-refractivity contribution is 7.80. The molecule has 0 bridgehead atoms. The summed E-state index contributed by atoms with van der Waals surface area (Å²) in [6.45, 7) is 8.05. The number of nitrogens with two attached hydrogens (primary N) is 4. The summed E-state index contributed by atoms with van der Waals surface area (Å²) in [6, 6.07) is 2.44. The van der Waals surface area contributed by atoms with E-state index in [4.69, 9.17) is 28.3 Å². The van der Waals surface area contributed by atoms with Gasteiger partial charge < -0.3 is 117 Å². The van der Waals surface area contributed by atoms with Crippen LogP contribution in [0.15, 0.2) is 85.1 Å². The van der Waals surface area contributed by atoms with Crippen molar-refractivity contribution in [1.29, 1.82) is 5.41 Å². The van der Waals surface area contributed by atoms with Gasteiger partial charge in [-0.15, -0.1) is 0 Å². The van der Waals surface area contributed by atoms with Gasteiger partial charge in [0.2, 0.25) is 82.7 Å². The van der Waals surface area contributed by atoms with Gasteiger partial charge in [-0.1, -0.05) is 88.4 Å². The molecule has 0 saturated carbocycles. The average Bonchev–Trinajstić information content (AvgIpc) is 1.66. The summed E-state index contributed by atoms with van der Waals surface area (Å²) in [4.78, 5) is 226. The SMILES string of the molecule is CC(C)C[C@H](NC(=O)[C@H](Cc1c[nH]c2ccccc12)NC(=O)[C@H](CCC(N)=O)NC(=O)[C@H](CC(C)C)NC(=O)[C@@H]1CCCN1C(=O)CNC(=O)[C@H](C)NC(=O)[C@H](CCCNC(=N)N)NC(=O)[C@@H](N)CS)C(=O)N[C@@H](CS)C(=O)N[C@@H](CCC(=O)O)C(=O)N[C@@H](CCCCN)C(=O)N[C@@H](Cc1ccc(O)cc1)C(=O)N[C@@H](Cc1ccccc1)C(=O)O. The van der Waals surface area contributed by atoms with Crippen molar-refractivity contribution in [3.8, 4) is 5.75 Å². The fourth-order valence-electron chi connectivity index (χ4n) is 13.1. The Morgan fingerprint density at radius 3 is 1.52 bits per heavy atom. The molecule has 0 aliphatic carbocycles. The molecule has 4 aromatic rings. The number of guanidine groups is 1. The third-order valence-electron chi connectivity index (χ3n) is 19.5. The number of fused-ring (bicyclic) bond motifs is 1. The molecule has 0 radical (unpaired) electrons. The van der Waals surface area contributed by atoms with E-state index >= 15 is 4.79 Å². The lowest BCUT2D eigenvalue weighted by molar-refractivity contribution is -0.142. The van der Waals surface area contributed by atoms with Crippen molar-refractivity contribution in [2.75, 3.05) is 37.7 Å². The largest absolute Gasteiger partial charge is 0.508 e. The number of rotatable bonds is 52. The van der Waals surface area contributed by atoms with Crippen LogP contribution in [0.25, 0.3) is 10.9 Å². The molecule has 120 heavy (non-hydrogen) atoms. The molecule has 26 N–H and O–H groups in total. The fourth-order valence-corrected chi connectivity index (χ4v) is 13.5. The summed E-state index contributed by atoms with van der Waals surface area (Å²) >= 11 is 8.37. The number of unbranched alkanes of at least 4 members (excludes halogenated alkanes) is 1. The molecule has 0 spiro atoms. The molecule has 2 heterocycles. The van der Waals surface area contributed by atoms with Crippen molar-refractivity contribution >= 4 is 137 Å². The van der Waals surface area contributed by atoms with E-state index in [-0.39, 0.29) is 113 Å². The first-order valence-electron chi connectivity index (χ1n) is 39.7. The smallest absolute Gasteiger partial charge is 0.326 e. The van der Waals surface area contributed by atoms with E-state index in [0.29, 0.717) is 40.4 Å². The molecule has 14 amide bonds. The maximum Gasteiger partial charge on any atom is 0.326 e. The molecule has 41 heteroatoms. The molecule has 13 atom stereocenters. The van der Waals surface area contributed by atoms with Crippen molar-refractivity contribution in [2.24, 2.45) is 34.8 Å². The van der Waals surface area contributed by atoms with Crippen LogP contribution in [0, 0.1) is 17.2 Å². The lowest BCUT2D eigenvalue weighted by Crippen LogP contribution is -2.61. The zero-order valence-electron chi connectivity index (χ0n) is 67.8. The quantitative estimate of drug-likeness (QED) is 0.00922. The van der Waals surface area contributed by atoms with E-state index in [1.165, 1.54) is 36.1 Å². The number of phenolic OH excluding ortho intramolecular Hbond substituents is 1. The molecule has 658 valence electrons. The second-order valence-corrected chi connectivity index (χ2v) is 30.9. The number of hydrogen-bond donors (Lipinski definition) is 24. The zero-order valence-corrected chi connectivity index (χ0v) is 69.6. The lowest BCUT2D eigenvalue weighted by Gasteiger charge is -2.29. The monoisotopic (exact) mass is 1710 g/mol. The minimum Gasteiger partial charge on any atom is -0.508 e. The van der Waals surface area contributed by atoms with Gasteiger partial charge in [0.25, 0.3) is 0 Å². The Bertz CT molecular complexity index is 4200. The van der Waals surface area contributed by atoms with Crippen LogP contribution in [-0.2, 0) is 96.0 Å². The summed E-state index contributed by atoms with van der Waals surface area (Å²) in [7, 11) is 0. The van der Waals surface area contributed by atoms with Crippen molar-refractivity contribution in [3.05, 3.63) is 102 Å². The average molecular weight is 1710 g/mol. The molecule has 0 unspecified atom stereocenters. The summed E-state index contributed by atoms with van der Waals surface area (Å²) in [5, 5.41) is 71.5. The first kappa shape index (κ1) is 99.0. The number of primary amides is 1. The predicted molar refractivity (Wildman–Crippen MR) is 448 cm³/mol. The number of amides is 14. The number of nitrogens with one attached hydrogen (secondary N) is 15. The summed E-state index contributed by atoms with van der Waals surface area (Å²) in [5.74, 6) is -16.9. The van der Waals surface area contributed by atoms with Crippen LogP contribution < -0.4 is 92.1 Å². The molecule has 1 aliphatic rings. The van der Waals surface area contributed by atoms with Crippen LogP contribution in [0.3, 0.4) is 0 Å². The van der Waals surface area contributed by atoms with Gasteiger partial charge in [-0.2, -0.15) is 25.3 Å². The van der Waals surface area contributed by atoms with Crippen LogP contribution in [0.4, 0.5) is 0 Å². The van der Waals surface area contributed by atoms with Gasteiger partial charge in [0.15, 0.2) is 5.96 Å². The number of carbonyl (C=O) groups excluding carboxylic acids is 14. The highest BCUT2D eigenvalue weighted by atomic mass is 32.1. The lowest BCUT2D eigenvalue weighted by atomic mass is 9.99. The Morgan fingerprint density at radius 1 is 0.508 bits per heavy atom. The Labute approximate surface area is 705 Å². The van der Waals surface area contributed by atoms with Gasteiger partial charge in [0, 0.05) is 73.8 Å². The van der Waals surface area contributed by atoms with Crippen molar-refractivity contribution < 1.29 is 92.0 Å². The van der Waals surface area contributed by atoms with Crippen LogP contribution >= 0.6 is 25.3 Å². The number of phenols is 1. The number of aromatic nitrogens is 1. The molecular weight excluding hydrogens is 1600 g/mol. The highest BCUT2D eigenvalue weighted by Gasteiger charge is 2.40. The molecule has 1 saturated heterocycles. The van der Waals surface area contributed by atoms with E-state index in [2.05, 4.69) is 99.4 Å². The number of aromatic hydroxyl groups is 1. The van der Waals surface area contributed by atoms with E-state index in [1.54, 1.807) is 88.5 Å². The number of aliphatic carboxylic acids is 2. The second-order valence-electron chi connectivity index (χ2n) is 30.2. The number of nitrogens with zero attached hydrogens (tertiary/aromatic N) is 1. The zero-order chi connectivity index (χ0) is 88.9. The molecule has 5 rings (SSSR count). The first-order valence-corrected chi connectivity index (χ1v) is 40.9. The molecular formula is C79H116N20O19S2. The number of thiol groups is 2. The maximum absolute atomic E-state index is 15.1. The second kappa shape index (κ2) is 50.4. The van der Waals surface area contributed by atoms with Crippen molar-refractivity contribution in [3.63, 3.8) is 0 Å². The Balaban J connectivity index is 1.34. The third-order valence-corrected chi connectivity index (χ3v) is 20.3. The number of hydrogen-bond acceptors (Lipinski definition) is 22. The molecule has 39 nitrogen and oxygen atoms in total. The van der Waals surface area contributed by atoms with Crippen LogP contribution in [0.2, 0.25) is 0 Å². The predicted octanol–water partition coefficient (Wildman–Crippen LogP) is -2.75. The Hall–Kier alpha value is -11.6. The topological polar surface area (TPSA) is 637 Å². The number of para-hydroxylation sites is 1. The molecule has 1 fully saturated rings. The van der Waals surface area contributed by atoms with E-state index in [1.807, 2.05) is 0 Å². The van der Waals surface area contributed by atoms with Gasteiger partial charge in [-0.05, 0) is 131 Å². The van der Waals surface area contributed by atoms with Crippen molar-refractivity contribution in [1.82, 2.24) is 79.0 Å². The summed E-state index contributed by atoms with van der Waals surface area (Å²) < 4.78 is 0. The van der Waals surface area contributed by atoms with Crippen LogP contribution in [0.1, 0.15) is 135 Å². The number of likely N-dealkylation sites (tertiary alicyclic amines) is 1. The molecule has 1 aromatic heterocycles. The van der Waals surface area contributed by atoms with Crippen LogP contribution in [0.5, 0.6) is 5.75 Å². The number of carbonyl (C=O) groups is 16. The number of aromatic amines is 1. The molecule has 1 aliphatic heterocycles. The highest BCUT2D eigenvalue weighted by Crippen LogP contribution is 2.23. The fraction of sp³-hybridized carbons (Fsp3) is 0.532. The Morgan fingerprint density at radius 2 is 0.975 bits per heavy atom. The minimum absolute atomic E-state index is 0.0332. The van der Waals surface area contributed by atoms with Gasteiger partial charge in [-0.3, -0.25) is 77.3 Å². The minimum atomic E-state index is -1.73. The van der Waals surface area contributed by atoms with Crippen LogP contribution in [-0.4, -0.2) is 242 Å². The third kappa shape index (κ3) is 33.7. The molecule has 3 aromatic carbocycles. The van der Waals surface area contributed by atoms with Crippen molar-refractivity contribution in [2.45, 2.75) is 216 Å². The van der Waals surface area contributed by atoms with E-state index < -0.39 is 211 Å². The summed E-state index contributed by atoms with van der Waals surface area (Å²) in [5.41, 5.74) is 24.7. The summed E-state index contributed by atoms with van der Waals surface area (Å²) in [6.07, 6.45) is -0.201. The number of carboxylic acids is 2. The van der Waals surface area contributed by atoms with Gasteiger partial charge in [0.05, 0.1) is 12.6 Å². The van der Waals surface area contributed by atoms with Gasteiger partial charge in [0.1, 0.15) is 78.3 Å². The Kier molecular flexibility index (Phi) is 41.5. The standard InChI is InChI=1S/C79H116N20O19S2/c1-42(2)33-56(73(112)98-61(41-120)76(115)92-55(27-29-65(103)104)70(109)90-52(19-11-12-30-80)69(108)94-58(35-46-22-24-48(100)25-23-46)74(113)97-60(78(117)118)36-45-15-7-6-8-16-45)93-75(114)59(37-47-38-86-51-18-10-9-17-49(47)51)95-71(110)54(26-28-63(82)101)91-72(111)57(34-43(3)4)96-77(116)62-21-14-32-99(62)64(102)39-87-66(105)44(5)88-68(107)53(20-13-31-85-79(83)84)89-67(106)50(81)40-119/h6-10,15-18,22-25,38,42-44,50,52-62,86,100,119-120H,11-14,19-21,26-37,39-41,80-81H2,1-5H3,(H2,82,101)(H,87,105)(H,88,107)(H,89,106)(H,90,109)(H,91,111)(H,92,115)(H,93,114)(H,94,108)(H,95,110)(H,96,116)(H,97,113)(H,98,112)(H,103,104)(H,117,118)(H4,83,84,85)/t44-,50-,52-,53-,54-,55-,56-,57-,58-,59-,60-,61-,62-/m0/s1. The number of H-pyrrole nitrogens is 1. The van der Waals surface area contributed by atoms with E-state index in [9.17, 15) is 87.2 Å².